The lowest BCUT2D eigenvalue weighted by Crippen LogP contribution is -2.40. The molecule has 0 bridgehead atoms. The van der Waals surface area contributed by atoms with Gasteiger partial charge in [-0.15, -0.1) is 0 Å². The molecule has 4 rings (SSSR count). The van der Waals surface area contributed by atoms with Gasteiger partial charge in [-0.25, -0.2) is 8.42 Å². The van der Waals surface area contributed by atoms with Crippen LogP contribution in [0.2, 0.25) is 5.02 Å². The van der Waals surface area contributed by atoms with Crippen molar-refractivity contribution in [2.75, 3.05) is 29.0 Å². The number of benzene rings is 3. The van der Waals surface area contributed by atoms with Crippen LogP contribution >= 0.6 is 11.6 Å². The van der Waals surface area contributed by atoms with Gasteiger partial charge in [-0.05, 0) is 86.0 Å². The van der Waals surface area contributed by atoms with Crippen LogP contribution in [0.1, 0.15) is 36.7 Å². The average molecular weight is 605 g/mol. The minimum Gasteiger partial charge on any atom is -0.611 e. The lowest BCUT2D eigenvalue weighted by atomic mass is 10.1. The lowest BCUT2D eigenvalue weighted by Gasteiger charge is -2.31. The fraction of sp³-hybridized carbons (Fsp3) is 0.286. The number of halogens is 1. The molecule has 0 saturated heterocycles. The molecule has 9 nitrogen and oxygen atoms in total. The normalized spacial score (nSPS) is 15.2. The van der Waals surface area contributed by atoms with Crippen LogP contribution in [0.4, 0.5) is 11.4 Å². The SMILES string of the molecule is COc1ccc(Cl)cc1S(=O)(=O)N1CC[S+]([O-])c2ccc(C(=O)Nc3ccc(CC(=O)OC(C)(C)C)cc3)cc21. The number of ether oxygens (including phenoxy) is 2. The molecule has 40 heavy (non-hydrogen) atoms. The summed E-state index contributed by atoms with van der Waals surface area (Å²) in [6.45, 7) is 5.34. The fourth-order valence-corrected chi connectivity index (χ4v) is 7.38. The van der Waals surface area contributed by atoms with E-state index < -0.39 is 32.7 Å². The van der Waals surface area contributed by atoms with Crippen molar-refractivity contribution in [3.05, 3.63) is 76.8 Å². The molecule has 1 unspecified atom stereocenters. The highest BCUT2D eigenvalue weighted by atomic mass is 35.5. The summed E-state index contributed by atoms with van der Waals surface area (Å²) in [6, 6.07) is 15.4. The van der Waals surface area contributed by atoms with Crippen molar-refractivity contribution in [2.24, 2.45) is 0 Å². The second-order valence-corrected chi connectivity index (χ2v) is 13.8. The van der Waals surface area contributed by atoms with E-state index in [1.165, 1.54) is 43.5 Å². The number of methoxy groups -OCH3 is 1. The number of rotatable bonds is 7. The third-order valence-corrected chi connectivity index (χ3v) is 9.35. The summed E-state index contributed by atoms with van der Waals surface area (Å²) >= 11 is 4.64. The van der Waals surface area contributed by atoms with Crippen molar-refractivity contribution in [2.45, 2.75) is 42.6 Å². The number of nitrogens with zero attached hydrogens (tertiary/aromatic N) is 1. The smallest absolute Gasteiger partial charge is 0.310 e. The molecule has 1 N–H and O–H groups in total. The highest BCUT2D eigenvalue weighted by molar-refractivity contribution is 7.94. The number of amides is 1. The summed E-state index contributed by atoms with van der Waals surface area (Å²) in [6.07, 6.45) is 0.0924. The van der Waals surface area contributed by atoms with Crippen molar-refractivity contribution in [3.8, 4) is 5.75 Å². The van der Waals surface area contributed by atoms with Crippen molar-refractivity contribution < 1.29 is 32.0 Å². The molecule has 1 atom stereocenters. The molecule has 1 aliphatic rings. The molecule has 0 radical (unpaired) electrons. The number of hydrogen-bond donors (Lipinski definition) is 1. The number of carbonyl (C=O) groups is 2. The Morgan fingerprint density at radius 3 is 2.42 bits per heavy atom. The first-order valence-electron chi connectivity index (χ1n) is 12.3. The predicted molar refractivity (Wildman–Crippen MR) is 154 cm³/mol. The highest BCUT2D eigenvalue weighted by Gasteiger charge is 2.37. The van der Waals surface area contributed by atoms with E-state index in [2.05, 4.69) is 5.32 Å². The Morgan fingerprint density at radius 2 is 1.77 bits per heavy atom. The molecule has 1 aliphatic heterocycles. The van der Waals surface area contributed by atoms with Crippen LogP contribution in [0, 0.1) is 0 Å². The van der Waals surface area contributed by atoms with Crippen LogP contribution in [0.15, 0.2) is 70.5 Å². The quantitative estimate of drug-likeness (QED) is 0.303. The van der Waals surface area contributed by atoms with Crippen molar-refractivity contribution in [3.63, 3.8) is 0 Å². The summed E-state index contributed by atoms with van der Waals surface area (Å²) in [5.41, 5.74) is 0.940. The van der Waals surface area contributed by atoms with Gasteiger partial charge >= 0.3 is 5.97 Å². The number of anilines is 2. The average Bonchev–Trinajstić information content (AvgIpc) is 2.88. The zero-order chi connectivity index (χ0) is 29.2. The first-order valence-corrected chi connectivity index (χ1v) is 15.4. The van der Waals surface area contributed by atoms with Gasteiger partial charge in [-0.1, -0.05) is 23.7 Å². The van der Waals surface area contributed by atoms with E-state index in [4.69, 9.17) is 21.1 Å². The molecular formula is C28H29ClN2O7S2. The Hall–Kier alpha value is -3.25. The maximum Gasteiger partial charge on any atom is 0.310 e. The molecule has 3 aromatic carbocycles. The van der Waals surface area contributed by atoms with Gasteiger partial charge in [0.1, 0.15) is 27.7 Å². The number of sulfonamides is 1. The van der Waals surface area contributed by atoms with Gasteiger partial charge in [0.15, 0.2) is 4.90 Å². The summed E-state index contributed by atoms with van der Waals surface area (Å²) in [5, 5.41) is 2.98. The van der Waals surface area contributed by atoms with E-state index in [1.54, 1.807) is 45.0 Å². The second-order valence-electron chi connectivity index (χ2n) is 10.0. The third-order valence-electron chi connectivity index (χ3n) is 5.89. The van der Waals surface area contributed by atoms with Crippen molar-refractivity contribution in [1.29, 1.82) is 0 Å². The maximum absolute atomic E-state index is 13.7. The lowest BCUT2D eigenvalue weighted by molar-refractivity contribution is -0.153. The molecule has 1 amide bonds. The third kappa shape index (κ3) is 6.72. The number of nitrogens with one attached hydrogen (secondary N) is 1. The van der Waals surface area contributed by atoms with Gasteiger partial charge in [0, 0.05) is 16.3 Å². The zero-order valence-electron chi connectivity index (χ0n) is 22.4. The maximum atomic E-state index is 13.7. The topological polar surface area (TPSA) is 125 Å². The van der Waals surface area contributed by atoms with Gasteiger partial charge in [0.05, 0.1) is 20.1 Å². The van der Waals surface area contributed by atoms with E-state index in [-0.39, 0.29) is 51.6 Å². The van der Waals surface area contributed by atoms with Crippen molar-refractivity contribution in [1.82, 2.24) is 0 Å². The minimum atomic E-state index is -4.17. The van der Waals surface area contributed by atoms with Crippen LogP contribution in [-0.2, 0) is 37.2 Å². The van der Waals surface area contributed by atoms with Gasteiger partial charge < -0.3 is 19.3 Å². The van der Waals surface area contributed by atoms with Crippen LogP contribution < -0.4 is 14.4 Å². The Bertz CT molecular complexity index is 1540. The molecule has 0 fully saturated rings. The van der Waals surface area contributed by atoms with Gasteiger partial charge in [-0.3, -0.25) is 13.9 Å². The summed E-state index contributed by atoms with van der Waals surface area (Å²) in [5.74, 6) is -0.639. The first kappa shape index (κ1) is 29.7. The van der Waals surface area contributed by atoms with E-state index >= 15 is 0 Å². The summed E-state index contributed by atoms with van der Waals surface area (Å²) < 4.78 is 51.9. The van der Waals surface area contributed by atoms with Crippen LogP contribution in [-0.4, -0.2) is 49.9 Å². The molecule has 0 spiro atoms. The van der Waals surface area contributed by atoms with Gasteiger partial charge in [0.25, 0.3) is 15.9 Å². The molecule has 212 valence electrons. The molecule has 3 aromatic rings. The van der Waals surface area contributed by atoms with Crippen LogP contribution in [0.5, 0.6) is 5.75 Å². The predicted octanol–water partition coefficient (Wildman–Crippen LogP) is 4.80. The Morgan fingerprint density at radius 1 is 1.07 bits per heavy atom. The molecule has 12 heteroatoms. The second kappa shape index (κ2) is 11.7. The largest absolute Gasteiger partial charge is 0.611 e. The van der Waals surface area contributed by atoms with E-state index in [1.807, 2.05) is 0 Å². The van der Waals surface area contributed by atoms with Gasteiger partial charge in [0.2, 0.25) is 0 Å². The van der Waals surface area contributed by atoms with Gasteiger partial charge in [-0.2, -0.15) is 0 Å². The van der Waals surface area contributed by atoms with E-state index in [9.17, 15) is 22.6 Å². The Labute approximate surface area is 241 Å². The van der Waals surface area contributed by atoms with Crippen LogP contribution in [0.25, 0.3) is 0 Å². The zero-order valence-corrected chi connectivity index (χ0v) is 24.8. The monoisotopic (exact) mass is 604 g/mol. The molecule has 0 saturated carbocycles. The van der Waals surface area contributed by atoms with Crippen LogP contribution in [0.3, 0.4) is 0 Å². The van der Waals surface area contributed by atoms with E-state index in [0.29, 0.717) is 10.6 Å². The summed E-state index contributed by atoms with van der Waals surface area (Å²) in [7, 11) is -2.82. The Kier molecular flexibility index (Phi) is 8.69. The Balaban J connectivity index is 1.57. The summed E-state index contributed by atoms with van der Waals surface area (Å²) in [4.78, 5) is 25.4. The number of hydrogen-bond acceptors (Lipinski definition) is 7. The molecule has 0 aliphatic carbocycles. The molecule has 1 heterocycles. The minimum absolute atomic E-state index is 0.0538. The number of carbonyl (C=O) groups excluding carboxylic acids is 2. The van der Waals surface area contributed by atoms with Crippen molar-refractivity contribution >= 4 is 56.1 Å². The standard InChI is InChI=1S/C28H29ClN2O7S2/c1-28(2,3)38-26(32)15-18-5-9-21(10-6-18)30-27(33)19-7-12-24-22(16-19)31(13-14-39(24)34)40(35,36)25-17-20(29)8-11-23(25)37-4/h5-12,16-17H,13-15H2,1-4H3,(H,30,33). The number of esters is 1. The van der Waals surface area contributed by atoms with E-state index in [0.717, 1.165) is 9.87 Å². The highest BCUT2D eigenvalue weighted by Crippen LogP contribution is 2.38. The molecular weight excluding hydrogens is 576 g/mol. The number of fused-ring (bicyclic) bond motifs is 1. The fourth-order valence-electron chi connectivity index (χ4n) is 4.12. The molecule has 0 aromatic heterocycles. The first-order chi connectivity index (χ1) is 18.8.